The lowest BCUT2D eigenvalue weighted by molar-refractivity contribution is -0.125. The zero-order chi connectivity index (χ0) is 15.2. The Labute approximate surface area is 123 Å². The lowest BCUT2D eigenvalue weighted by Gasteiger charge is -2.23. The van der Waals surface area contributed by atoms with Gasteiger partial charge in [0.2, 0.25) is 0 Å². The standard InChI is InChI=1S/C15H28O4S/c1-4-5-8-11-15(2,3)14(16)12-20(17,18)19-13-9-6-7-10-13/h13H,4-12H2,1-3H3. The van der Waals surface area contributed by atoms with Gasteiger partial charge in [0.25, 0.3) is 10.1 Å². The number of unbranched alkanes of at least 4 members (excludes halogenated alkanes) is 2. The van der Waals surface area contributed by atoms with Crippen LogP contribution in [0.3, 0.4) is 0 Å². The SMILES string of the molecule is CCCCCC(C)(C)C(=O)CS(=O)(=O)OC1CCCC1. The van der Waals surface area contributed by atoms with E-state index >= 15 is 0 Å². The van der Waals surface area contributed by atoms with Gasteiger partial charge in [-0.15, -0.1) is 0 Å². The zero-order valence-electron chi connectivity index (χ0n) is 13.0. The van der Waals surface area contributed by atoms with Gasteiger partial charge in [0.1, 0.15) is 5.75 Å². The predicted octanol–water partition coefficient (Wildman–Crippen LogP) is 3.45. The van der Waals surface area contributed by atoms with Crippen molar-refractivity contribution in [1.82, 2.24) is 0 Å². The first-order chi connectivity index (χ1) is 9.27. The molecule has 0 amide bonds. The summed E-state index contributed by atoms with van der Waals surface area (Å²) in [4.78, 5) is 12.2. The highest BCUT2D eigenvalue weighted by Gasteiger charge is 2.32. The third kappa shape index (κ3) is 5.92. The maximum absolute atomic E-state index is 12.2. The summed E-state index contributed by atoms with van der Waals surface area (Å²) in [5.74, 6) is -0.714. The van der Waals surface area contributed by atoms with Crippen LogP contribution in [0.25, 0.3) is 0 Å². The molecule has 1 rings (SSSR count). The van der Waals surface area contributed by atoms with Gasteiger partial charge in [-0.2, -0.15) is 8.42 Å². The van der Waals surface area contributed by atoms with Gasteiger partial charge in [-0.25, -0.2) is 0 Å². The van der Waals surface area contributed by atoms with Crippen LogP contribution in [0.2, 0.25) is 0 Å². The van der Waals surface area contributed by atoms with Crippen LogP contribution in [0.4, 0.5) is 0 Å². The van der Waals surface area contributed by atoms with Gasteiger partial charge in [-0.1, -0.05) is 52.9 Å². The molecular formula is C15H28O4S. The summed E-state index contributed by atoms with van der Waals surface area (Å²) in [6.45, 7) is 5.76. The molecule has 1 fully saturated rings. The number of hydrogen-bond acceptors (Lipinski definition) is 4. The topological polar surface area (TPSA) is 60.4 Å². The largest absolute Gasteiger partial charge is 0.298 e. The van der Waals surface area contributed by atoms with Gasteiger partial charge in [-0.05, 0) is 19.3 Å². The van der Waals surface area contributed by atoms with E-state index in [4.69, 9.17) is 4.18 Å². The van der Waals surface area contributed by atoms with Crippen molar-refractivity contribution in [2.24, 2.45) is 5.41 Å². The van der Waals surface area contributed by atoms with Crippen LogP contribution in [-0.4, -0.2) is 26.1 Å². The minimum atomic E-state index is -3.73. The maximum atomic E-state index is 12.2. The first-order valence-electron chi connectivity index (χ1n) is 7.71. The predicted molar refractivity (Wildman–Crippen MR) is 80.1 cm³/mol. The molecule has 0 aromatic rings. The fourth-order valence-electron chi connectivity index (χ4n) is 2.54. The molecular weight excluding hydrogens is 276 g/mol. The van der Waals surface area contributed by atoms with E-state index in [1.807, 2.05) is 13.8 Å². The highest BCUT2D eigenvalue weighted by Crippen LogP contribution is 2.27. The molecule has 1 aliphatic rings. The lowest BCUT2D eigenvalue weighted by Crippen LogP contribution is -2.32. The number of ketones is 1. The lowest BCUT2D eigenvalue weighted by atomic mass is 9.83. The first kappa shape index (κ1) is 17.6. The van der Waals surface area contributed by atoms with Crippen LogP contribution in [-0.2, 0) is 19.1 Å². The molecule has 0 atom stereocenters. The van der Waals surface area contributed by atoms with E-state index in [0.717, 1.165) is 51.4 Å². The van der Waals surface area contributed by atoms with Crippen molar-refractivity contribution in [1.29, 1.82) is 0 Å². The summed E-state index contributed by atoms with van der Waals surface area (Å²) in [5.41, 5.74) is -0.582. The van der Waals surface area contributed by atoms with Crippen molar-refractivity contribution in [3.63, 3.8) is 0 Å². The molecule has 0 spiro atoms. The summed E-state index contributed by atoms with van der Waals surface area (Å²) in [6, 6.07) is 0. The van der Waals surface area contributed by atoms with E-state index < -0.39 is 21.3 Å². The normalized spacial score (nSPS) is 17.6. The van der Waals surface area contributed by atoms with Crippen LogP contribution in [0.5, 0.6) is 0 Å². The number of rotatable bonds is 9. The average Bonchev–Trinajstić information content (AvgIpc) is 2.80. The molecule has 1 aliphatic carbocycles. The molecule has 1 saturated carbocycles. The molecule has 0 saturated heterocycles. The number of Topliss-reactive ketones (excluding diaryl/α,β-unsaturated/α-hetero) is 1. The molecule has 0 aromatic carbocycles. The summed E-state index contributed by atoms with van der Waals surface area (Å²) < 4.78 is 29.0. The van der Waals surface area contributed by atoms with Crippen LogP contribution < -0.4 is 0 Å². The van der Waals surface area contributed by atoms with Gasteiger partial charge < -0.3 is 0 Å². The van der Waals surface area contributed by atoms with E-state index in [0.29, 0.717) is 0 Å². The van der Waals surface area contributed by atoms with Crippen LogP contribution in [0, 0.1) is 5.41 Å². The highest BCUT2D eigenvalue weighted by atomic mass is 32.2. The molecule has 0 N–H and O–H groups in total. The fourth-order valence-corrected chi connectivity index (χ4v) is 3.93. The van der Waals surface area contributed by atoms with Crippen molar-refractivity contribution in [3.05, 3.63) is 0 Å². The van der Waals surface area contributed by atoms with E-state index in [1.165, 1.54) is 0 Å². The van der Waals surface area contributed by atoms with Crippen molar-refractivity contribution in [2.45, 2.75) is 78.2 Å². The third-order valence-electron chi connectivity index (χ3n) is 4.05. The molecule has 0 heterocycles. The summed E-state index contributed by atoms with van der Waals surface area (Å²) >= 11 is 0. The third-order valence-corrected chi connectivity index (χ3v) is 5.23. The Hall–Kier alpha value is -0.420. The Bertz CT molecular complexity index is 406. The first-order valence-corrected chi connectivity index (χ1v) is 9.29. The summed E-state index contributed by atoms with van der Waals surface area (Å²) in [5, 5.41) is 0. The minimum Gasteiger partial charge on any atom is -0.298 e. The monoisotopic (exact) mass is 304 g/mol. The summed E-state index contributed by atoms with van der Waals surface area (Å²) in [6.07, 6.45) is 7.23. The van der Waals surface area contributed by atoms with E-state index in [1.54, 1.807) is 0 Å². The van der Waals surface area contributed by atoms with Crippen LogP contribution >= 0.6 is 0 Å². The molecule has 4 nitrogen and oxygen atoms in total. The van der Waals surface area contributed by atoms with Gasteiger partial charge in [0.15, 0.2) is 5.78 Å². The van der Waals surface area contributed by atoms with Crippen LogP contribution in [0.15, 0.2) is 0 Å². The summed E-state index contributed by atoms with van der Waals surface area (Å²) in [7, 11) is -3.73. The Balaban J connectivity index is 2.49. The zero-order valence-corrected chi connectivity index (χ0v) is 13.8. The second kappa shape index (κ2) is 7.55. The van der Waals surface area contributed by atoms with Gasteiger partial charge in [0, 0.05) is 5.41 Å². The fraction of sp³-hybridized carbons (Fsp3) is 0.933. The van der Waals surface area contributed by atoms with Gasteiger partial charge in [-0.3, -0.25) is 8.98 Å². The second-order valence-electron chi connectivity index (χ2n) is 6.47. The molecule has 0 aliphatic heterocycles. The van der Waals surface area contributed by atoms with Crippen molar-refractivity contribution in [3.8, 4) is 0 Å². The molecule has 0 bridgehead atoms. The van der Waals surface area contributed by atoms with Gasteiger partial charge >= 0.3 is 0 Å². The molecule has 0 radical (unpaired) electrons. The molecule has 0 aromatic heterocycles. The second-order valence-corrected chi connectivity index (χ2v) is 8.07. The molecule has 20 heavy (non-hydrogen) atoms. The molecule has 5 heteroatoms. The number of hydrogen-bond donors (Lipinski definition) is 0. The average molecular weight is 304 g/mol. The number of carbonyl (C=O) groups is 1. The number of carbonyl (C=O) groups excluding carboxylic acids is 1. The van der Waals surface area contributed by atoms with E-state index in [9.17, 15) is 13.2 Å². The van der Waals surface area contributed by atoms with Crippen molar-refractivity contribution in [2.75, 3.05) is 5.75 Å². The molecule has 118 valence electrons. The molecule has 0 unspecified atom stereocenters. The van der Waals surface area contributed by atoms with Crippen LogP contribution in [0.1, 0.15) is 72.1 Å². The Morgan fingerprint density at radius 3 is 2.35 bits per heavy atom. The van der Waals surface area contributed by atoms with Gasteiger partial charge in [0.05, 0.1) is 6.10 Å². The Morgan fingerprint density at radius 1 is 1.20 bits per heavy atom. The Morgan fingerprint density at radius 2 is 1.80 bits per heavy atom. The van der Waals surface area contributed by atoms with Crippen molar-refractivity contribution >= 4 is 15.9 Å². The maximum Gasteiger partial charge on any atom is 0.274 e. The van der Waals surface area contributed by atoms with Crippen molar-refractivity contribution < 1.29 is 17.4 Å². The quantitative estimate of drug-likeness (QED) is 0.483. The minimum absolute atomic E-state index is 0.212. The smallest absolute Gasteiger partial charge is 0.274 e. The Kier molecular flexibility index (Phi) is 6.65. The van der Waals surface area contributed by atoms with E-state index in [2.05, 4.69) is 6.92 Å². The highest BCUT2D eigenvalue weighted by molar-refractivity contribution is 7.87. The van der Waals surface area contributed by atoms with E-state index in [-0.39, 0.29) is 11.9 Å².